The molecular weight excluding hydrogens is 564 g/mol. The lowest BCUT2D eigenvalue weighted by molar-refractivity contribution is -0.233. The molecule has 4 saturated carbocycles. The van der Waals surface area contributed by atoms with E-state index in [-0.39, 0.29) is 52.0 Å². The first-order valence-electron chi connectivity index (χ1n) is 14.6. The van der Waals surface area contributed by atoms with Crippen LogP contribution in [-0.4, -0.2) is 56.2 Å². The lowest BCUT2D eigenvalue weighted by atomic mass is 9.36. The Hall–Kier alpha value is -0.340. The van der Waals surface area contributed by atoms with E-state index in [0.29, 0.717) is 36.5 Å². The molecule has 0 bridgehead atoms. The molecule has 4 aliphatic carbocycles. The van der Waals surface area contributed by atoms with E-state index in [1.54, 1.807) is 11.8 Å². The minimum Gasteiger partial charge on any atom is -0.478 e. The molecule has 0 aromatic rings. The molecular formula is C31H49BrO5S. The van der Waals surface area contributed by atoms with E-state index in [9.17, 15) is 25.2 Å². The Kier molecular flexibility index (Phi) is 8.98. The smallest absolute Gasteiger partial charge is 0.331 e. The summed E-state index contributed by atoms with van der Waals surface area (Å²) >= 11 is 5.34. The van der Waals surface area contributed by atoms with Crippen LogP contribution < -0.4 is 0 Å². The number of carboxylic acids is 1. The third kappa shape index (κ3) is 4.78. The highest BCUT2D eigenvalue weighted by atomic mass is 79.9. The van der Waals surface area contributed by atoms with Gasteiger partial charge in [-0.3, -0.25) is 0 Å². The molecule has 4 rings (SSSR count). The van der Waals surface area contributed by atoms with Gasteiger partial charge in [-0.15, -0.1) is 0 Å². The van der Waals surface area contributed by atoms with Crippen LogP contribution in [0.3, 0.4) is 0 Å². The number of allylic oxidation sites excluding steroid dienone is 2. The van der Waals surface area contributed by atoms with Gasteiger partial charge in [0.25, 0.3) is 0 Å². The topological polar surface area (TPSA) is 98.0 Å². The highest BCUT2D eigenvalue weighted by Crippen LogP contribution is 2.75. The van der Waals surface area contributed by atoms with Gasteiger partial charge in [-0.05, 0) is 115 Å². The van der Waals surface area contributed by atoms with E-state index in [1.165, 1.54) is 0 Å². The van der Waals surface area contributed by atoms with E-state index in [1.807, 2.05) is 13.8 Å². The maximum absolute atomic E-state index is 12.8. The van der Waals surface area contributed by atoms with Crippen LogP contribution in [-0.2, 0) is 4.79 Å². The summed E-state index contributed by atoms with van der Waals surface area (Å²) in [6.45, 7) is 13.5. The zero-order valence-electron chi connectivity index (χ0n) is 24.1. The van der Waals surface area contributed by atoms with Crippen LogP contribution in [0.1, 0.15) is 92.9 Å². The largest absolute Gasteiger partial charge is 0.478 e. The number of hydrogen-bond acceptors (Lipinski definition) is 5. The van der Waals surface area contributed by atoms with Gasteiger partial charge in [0.1, 0.15) is 0 Å². The second-order valence-corrected chi connectivity index (χ2v) is 16.0. The number of aliphatic hydroxyl groups is 3. The molecule has 4 N–H and O–H groups in total. The Morgan fingerprint density at radius 1 is 1.05 bits per heavy atom. The monoisotopic (exact) mass is 612 g/mol. The van der Waals surface area contributed by atoms with Crippen molar-refractivity contribution in [2.45, 2.75) is 110 Å². The van der Waals surface area contributed by atoms with E-state index in [2.05, 4.69) is 43.6 Å². The summed E-state index contributed by atoms with van der Waals surface area (Å²) in [7, 11) is 0. The molecule has 0 aromatic carbocycles. The Balaban J connectivity index is 1.80. The highest BCUT2D eigenvalue weighted by Gasteiger charge is 2.70. The number of fused-ring (bicyclic) bond motifs is 5. The number of aliphatic hydroxyl groups excluding tert-OH is 3. The van der Waals surface area contributed by atoms with Crippen molar-refractivity contribution < 1.29 is 25.2 Å². The lowest BCUT2D eigenvalue weighted by Crippen LogP contribution is -2.65. The Bertz CT molecular complexity index is 991. The molecule has 4 aliphatic rings. The summed E-state index contributed by atoms with van der Waals surface area (Å²) in [5.41, 5.74) is 2.38. The van der Waals surface area contributed by atoms with Gasteiger partial charge in [-0.1, -0.05) is 49.2 Å². The maximum Gasteiger partial charge on any atom is 0.331 e. The lowest BCUT2D eigenvalue weighted by Gasteiger charge is -2.69. The fourth-order valence-electron chi connectivity index (χ4n) is 9.81. The minimum atomic E-state index is -0.847. The molecule has 5 nitrogen and oxygen atoms in total. The van der Waals surface area contributed by atoms with E-state index in [0.717, 1.165) is 47.7 Å². The maximum atomic E-state index is 12.8. The quantitative estimate of drug-likeness (QED) is 0.243. The standard InChI is InChI=1S/C31H49BrO5S/c1-17(2)22(32)8-7-19(28(36)37)26-21-15-24(35)27-29(4)11-10-23(34)18(3)20(29)9-12-30(27,5)31(21,6)16-25(26)38-14-13-33/h18,20-21,23-25,27,33-35H,7-16H2,1-6H3,(H,36,37)/b26-19-/t18-,20?,21?,23+,24+,25-,27-,29-,30-,31-/m0/s1. The molecule has 0 spiro atoms. The third-order valence-electron chi connectivity index (χ3n) is 11.9. The number of hydrogen-bond donors (Lipinski definition) is 4. The average Bonchev–Trinajstić information content (AvgIpc) is 3.12. The van der Waals surface area contributed by atoms with Crippen molar-refractivity contribution in [2.24, 2.45) is 39.9 Å². The fraction of sp³-hybridized carbons (Fsp3) is 0.839. The Morgan fingerprint density at radius 2 is 1.74 bits per heavy atom. The van der Waals surface area contributed by atoms with Crippen molar-refractivity contribution >= 4 is 33.7 Å². The number of carbonyl (C=O) groups is 1. The molecule has 0 radical (unpaired) electrons. The molecule has 0 aromatic heterocycles. The van der Waals surface area contributed by atoms with Crippen molar-refractivity contribution in [3.63, 3.8) is 0 Å². The van der Waals surface area contributed by atoms with Gasteiger partial charge in [0.05, 0.1) is 18.8 Å². The summed E-state index contributed by atoms with van der Waals surface area (Å²) in [6, 6.07) is 0. The van der Waals surface area contributed by atoms with Gasteiger partial charge in [0.2, 0.25) is 0 Å². The summed E-state index contributed by atoms with van der Waals surface area (Å²) in [4.78, 5) is 12.8. The van der Waals surface area contributed by atoms with Crippen LogP contribution in [0.2, 0.25) is 0 Å². The van der Waals surface area contributed by atoms with Gasteiger partial charge >= 0.3 is 5.97 Å². The summed E-state index contributed by atoms with van der Waals surface area (Å²) in [6.07, 6.45) is 5.60. The van der Waals surface area contributed by atoms with Crippen molar-refractivity contribution in [1.29, 1.82) is 0 Å². The van der Waals surface area contributed by atoms with Crippen LogP contribution in [0.5, 0.6) is 0 Å². The average molecular weight is 614 g/mol. The second kappa shape index (κ2) is 11.2. The molecule has 0 amide bonds. The highest BCUT2D eigenvalue weighted by molar-refractivity contribution is 9.11. The first kappa shape index (κ1) is 30.6. The Labute approximate surface area is 242 Å². The number of carboxylic acid groups (broad SMARTS) is 1. The molecule has 0 aliphatic heterocycles. The molecule has 38 heavy (non-hydrogen) atoms. The van der Waals surface area contributed by atoms with E-state index >= 15 is 0 Å². The van der Waals surface area contributed by atoms with E-state index < -0.39 is 12.1 Å². The number of thioether (sulfide) groups is 1. The van der Waals surface area contributed by atoms with E-state index in [4.69, 9.17) is 0 Å². The first-order valence-corrected chi connectivity index (χ1v) is 16.4. The fourth-order valence-corrected chi connectivity index (χ4v) is 11.3. The van der Waals surface area contributed by atoms with Crippen LogP contribution in [0.15, 0.2) is 21.2 Å². The summed E-state index contributed by atoms with van der Waals surface area (Å²) < 4.78 is 1.05. The number of halogens is 1. The molecule has 10 atom stereocenters. The van der Waals surface area contributed by atoms with Crippen molar-refractivity contribution in [3.8, 4) is 0 Å². The van der Waals surface area contributed by atoms with Gasteiger partial charge in [-0.25, -0.2) is 4.79 Å². The normalized spacial score (nSPS) is 45.6. The summed E-state index contributed by atoms with van der Waals surface area (Å²) in [5, 5.41) is 42.9. The zero-order chi connectivity index (χ0) is 28.2. The molecule has 7 heteroatoms. The van der Waals surface area contributed by atoms with Gasteiger partial charge in [0, 0.05) is 16.6 Å². The number of aliphatic carboxylic acids is 1. The molecule has 216 valence electrons. The predicted molar refractivity (Wildman–Crippen MR) is 158 cm³/mol. The van der Waals surface area contributed by atoms with Crippen LogP contribution in [0.4, 0.5) is 0 Å². The molecule has 0 saturated heterocycles. The van der Waals surface area contributed by atoms with Gasteiger partial charge < -0.3 is 20.4 Å². The van der Waals surface area contributed by atoms with Crippen LogP contribution in [0.25, 0.3) is 0 Å². The van der Waals surface area contributed by atoms with Crippen molar-refractivity contribution in [3.05, 3.63) is 21.2 Å². The van der Waals surface area contributed by atoms with Crippen LogP contribution >= 0.6 is 27.7 Å². The van der Waals surface area contributed by atoms with Crippen LogP contribution in [0, 0.1) is 39.9 Å². The van der Waals surface area contributed by atoms with Gasteiger partial charge in [0.15, 0.2) is 0 Å². The predicted octanol–water partition coefficient (Wildman–Crippen LogP) is 6.55. The Morgan fingerprint density at radius 3 is 2.34 bits per heavy atom. The molecule has 4 fully saturated rings. The minimum absolute atomic E-state index is 0.0123. The zero-order valence-corrected chi connectivity index (χ0v) is 26.5. The molecule has 2 unspecified atom stereocenters. The summed E-state index contributed by atoms with van der Waals surface area (Å²) in [5.74, 6) is 0.500. The molecule has 0 heterocycles. The first-order chi connectivity index (χ1) is 17.7. The SMILES string of the molecule is CC(C)=C(Br)CC/C(C(=O)O)=C1\C2C[C@@H](O)[C@H]3[C@@]4(C)CC[C@@H](O)[C@@H](C)C4CC[C@]3(C)[C@@]2(C)C[C@@H]1SCCO. The second-order valence-electron chi connectivity index (χ2n) is 13.7. The van der Waals surface area contributed by atoms with Gasteiger partial charge in [-0.2, -0.15) is 11.8 Å². The third-order valence-corrected chi connectivity index (χ3v) is 14.3. The van der Waals surface area contributed by atoms with Crippen molar-refractivity contribution in [1.82, 2.24) is 0 Å². The number of rotatable bonds is 7. The van der Waals surface area contributed by atoms with Crippen molar-refractivity contribution in [2.75, 3.05) is 12.4 Å².